The zero-order valence-corrected chi connectivity index (χ0v) is 29.5. The molecule has 50 heavy (non-hydrogen) atoms. The fraction of sp³-hybridized carbons (Fsp3) is 0.158. The van der Waals surface area contributed by atoms with Crippen LogP contribution in [0, 0.1) is 0 Å². The summed E-state index contributed by atoms with van der Waals surface area (Å²) in [7, 11) is 4.68. The molecule has 256 valence electrons. The number of methoxy groups -OCH3 is 3. The van der Waals surface area contributed by atoms with E-state index in [0.29, 0.717) is 39.9 Å². The second-order valence-corrected chi connectivity index (χ2v) is 12.9. The Labute approximate surface area is 298 Å². The normalized spacial score (nSPS) is 11.6. The molecule has 4 aromatic carbocycles. The molecule has 0 aliphatic rings. The molecule has 10 nitrogen and oxygen atoms in total. The van der Waals surface area contributed by atoms with E-state index in [4.69, 9.17) is 14.2 Å². The van der Waals surface area contributed by atoms with Gasteiger partial charge in [-0.3, -0.25) is 14.4 Å². The molecule has 1 atom stereocenters. The molecule has 3 amide bonds. The average molecular weight is 709 g/mol. The summed E-state index contributed by atoms with van der Waals surface area (Å²) in [5.41, 5.74) is 3.12. The fourth-order valence-corrected chi connectivity index (χ4v) is 6.52. The van der Waals surface area contributed by atoms with Gasteiger partial charge in [0.1, 0.15) is 22.9 Å². The molecule has 3 N–H and O–H groups in total. The van der Waals surface area contributed by atoms with Crippen LogP contribution in [-0.4, -0.2) is 49.3 Å². The molecular formula is C38H36N4O6S2. The van der Waals surface area contributed by atoms with Gasteiger partial charge < -0.3 is 30.2 Å². The fourth-order valence-electron chi connectivity index (χ4n) is 4.78. The van der Waals surface area contributed by atoms with Crippen LogP contribution < -0.4 is 30.2 Å². The molecule has 0 spiro atoms. The van der Waals surface area contributed by atoms with Crippen molar-refractivity contribution >= 4 is 57.7 Å². The quantitative estimate of drug-likeness (QED) is 0.0790. The van der Waals surface area contributed by atoms with Gasteiger partial charge in [0.2, 0.25) is 5.91 Å². The van der Waals surface area contributed by atoms with Gasteiger partial charge in [-0.15, -0.1) is 23.1 Å². The summed E-state index contributed by atoms with van der Waals surface area (Å²) in [5, 5.41) is 10.6. The number of hydrogen-bond acceptors (Lipinski definition) is 9. The molecule has 1 heterocycles. The molecule has 1 unspecified atom stereocenters. The van der Waals surface area contributed by atoms with Crippen molar-refractivity contribution < 1.29 is 28.6 Å². The van der Waals surface area contributed by atoms with E-state index < -0.39 is 17.1 Å². The smallest absolute Gasteiger partial charge is 0.272 e. The minimum absolute atomic E-state index is 0.00338. The van der Waals surface area contributed by atoms with Crippen LogP contribution in [0.25, 0.3) is 17.3 Å². The van der Waals surface area contributed by atoms with Gasteiger partial charge in [-0.25, -0.2) is 4.98 Å². The molecule has 0 aliphatic carbocycles. The maximum absolute atomic E-state index is 13.7. The summed E-state index contributed by atoms with van der Waals surface area (Å²) >= 11 is 2.73. The number of amides is 3. The number of nitrogens with zero attached hydrogens (tertiary/aromatic N) is 1. The molecule has 1 aromatic heterocycles. The number of anilines is 2. The number of carbonyl (C=O) groups excluding carboxylic acids is 3. The van der Waals surface area contributed by atoms with Crippen molar-refractivity contribution in [1.82, 2.24) is 10.3 Å². The van der Waals surface area contributed by atoms with Crippen LogP contribution in [0.1, 0.15) is 29.3 Å². The van der Waals surface area contributed by atoms with Gasteiger partial charge in [0.15, 0.2) is 5.13 Å². The lowest BCUT2D eigenvalue weighted by atomic mass is 10.1. The Morgan fingerprint density at radius 3 is 2.28 bits per heavy atom. The monoisotopic (exact) mass is 708 g/mol. The van der Waals surface area contributed by atoms with Gasteiger partial charge >= 0.3 is 0 Å². The van der Waals surface area contributed by atoms with Crippen LogP contribution in [-0.2, 0) is 9.59 Å². The highest BCUT2D eigenvalue weighted by atomic mass is 32.2. The second kappa shape index (κ2) is 17.2. The Balaban J connectivity index is 1.30. The van der Waals surface area contributed by atoms with Crippen molar-refractivity contribution in [3.05, 3.63) is 119 Å². The third-order valence-electron chi connectivity index (χ3n) is 7.42. The van der Waals surface area contributed by atoms with E-state index in [9.17, 15) is 14.4 Å². The second-order valence-electron chi connectivity index (χ2n) is 10.7. The Bertz CT molecular complexity index is 1980. The van der Waals surface area contributed by atoms with Gasteiger partial charge in [-0.2, -0.15) is 0 Å². The van der Waals surface area contributed by atoms with E-state index in [1.165, 1.54) is 30.2 Å². The molecule has 0 bridgehead atoms. The van der Waals surface area contributed by atoms with Crippen molar-refractivity contribution in [2.45, 2.75) is 23.5 Å². The molecule has 0 aliphatic heterocycles. The highest BCUT2D eigenvalue weighted by Crippen LogP contribution is 2.31. The maximum Gasteiger partial charge on any atom is 0.272 e. The Kier molecular flexibility index (Phi) is 12.3. The Morgan fingerprint density at radius 2 is 1.58 bits per heavy atom. The summed E-state index contributed by atoms with van der Waals surface area (Å²) in [5.74, 6) is 0.625. The largest absolute Gasteiger partial charge is 0.497 e. The summed E-state index contributed by atoms with van der Waals surface area (Å²) in [6, 6.07) is 28.5. The van der Waals surface area contributed by atoms with Crippen LogP contribution in [0.4, 0.5) is 10.8 Å². The van der Waals surface area contributed by atoms with Crippen molar-refractivity contribution in [3.63, 3.8) is 0 Å². The number of thiazole rings is 1. The van der Waals surface area contributed by atoms with Gasteiger partial charge in [-0.05, 0) is 79.2 Å². The number of hydrogen-bond donors (Lipinski definition) is 3. The maximum atomic E-state index is 13.7. The predicted octanol–water partition coefficient (Wildman–Crippen LogP) is 7.75. The standard InChI is InChI=1S/C38H36N4O6S2/c1-5-34(37(45)42-38-41-32(23-49-38)24-14-17-28(46-2)18-15-24)50-30-13-9-12-27(21-30)39-36(44)31(40-35(43)25-10-7-6-8-11-25)20-26-16-19-29(47-3)22-33(26)48-4/h6-23,34H,5H2,1-4H3,(H,39,44)(H,40,43)(H,41,42,45)/b31-20+. The number of nitrogens with one attached hydrogen (secondary N) is 3. The van der Waals surface area contributed by atoms with Crippen molar-refractivity contribution in [1.29, 1.82) is 0 Å². The molecule has 5 aromatic rings. The van der Waals surface area contributed by atoms with E-state index in [1.54, 1.807) is 87.0 Å². The number of benzene rings is 4. The SMILES string of the molecule is CCC(Sc1cccc(NC(=O)/C(=C\c2ccc(OC)cc2OC)NC(=O)c2ccccc2)c1)C(=O)Nc1nc(-c2ccc(OC)cc2)cs1. The van der Waals surface area contributed by atoms with Crippen LogP contribution in [0.5, 0.6) is 17.2 Å². The molecule has 12 heteroatoms. The number of aromatic nitrogens is 1. The van der Waals surface area contributed by atoms with E-state index in [2.05, 4.69) is 20.9 Å². The van der Waals surface area contributed by atoms with E-state index >= 15 is 0 Å². The molecule has 0 radical (unpaired) electrons. The lowest BCUT2D eigenvalue weighted by Gasteiger charge is -2.15. The molecule has 5 rings (SSSR count). The van der Waals surface area contributed by atoms with Gasteiger partial charge in [0.05, 0.1) is 32.3 Å². The van der Waals surface area contributed by atoms with Crippen LogP contribution in [0.2, 0.25) is 0 Å². The topological polar surface area (TPSA) is 128 Å². The van der Waals surface area contributed by atoms with Gasteiger partial charge in [0, 0.05) is 38.7 Å². The van der Waals surface area contributed by atoms with Crippen molar-refractivity contribution in [2.24, 2.45) is 0 Å². The van der Waals surface area contributed by atoms with E-state index in [0.717, 1.165) is 21.9 Å². The first-order valence-corrected chi connectivity index (χ1v) is 17.3. The number of carbonyl (C=O) groups is 3. The lowest BCUT2D eigenvalue weighted by molar-refractivity contribution is -0.116. The van der Waals surface area contributed by atoms with Crippen molar-refractivity contribution in [2.75, 3.05) is 32.0 Å². The number of thioether (sulfide) groups is 1. The number of rotatable bonds is 14. The third-order valence-corrected chi connectivity index (χ3v) is 9.54. The molecule has 0 fully saturated rings. The van der Waals surface area contributed by atoms with Gasteiger partial charge in [0.25, 0.3) is 11.8 Å². The molecule has 0 saturated heterocycles. The van der Waals surface area contributed by atoms with Gasteiger partial charge in [-0.1, -0.05) is 31.2 Å². The zero-order valence-electron chi connectivity index (χ0n) is 27.9. The lowest BCUT2D eigenvalue weighted by Crippen LogP contribution is -2.30. The average Bonchev–Trinajstić information content (AvgIpc) is 3.62. The van der Waals surface area contributed by atoms with Crippen LogP contribution in [0.15, 0.2) is 113 Å². The molecule has 0 saturated carbocycles. The van der Waals surface area contributed by atoms with Crippen LogP contribution >= 0.6 is 23.1 Å². The highest BCUT2D eigenvalue weighted by Gasteiger charge is 2.21. The molecular weight excluding hydrogens is 673 g/mol. The zero-order chi connectivity index (χ0) is 35.5. The summed E-state index contributed by atoms with van der Waals surface area (Å²) in [4.78, 5) is 45.5. The first kappa shape index (κ1) is 35.7. The highest BCUT2D eigenvalue weighted by molar-refractivity contribution is 8.00. The van der Waals surface area contributed by atoms with E-state index in [1.807, 2.05) is 42.6 Å². The first-order valence-electron chi connectivity index (χ1n) is 15.6. The number of ether oxygens (including phenoxy) is 3. The Morgan fingerprint density at radius 1 is 0.840 bits per heavy atom. The van der Waals surface area contributed by atoms with Crippen LogP contribution in [0.3, 0.4) is 0 Å². The summed E-state index contributed by atoms with van der Waals surface area (Å²) in [6.45, 7) is 1.94. The first-order chi connectivity index (χ1) is 24.3. The van der Waals surface area contributed by atoms with Crippen molar-refractivity contribution in [3.8, 4) is 28.5 Å². The minimum Gasteiger partial charge on any atom is -0.497 e. The predicted molar refractivity (Wildman–Crippen MR) is 199 cm³/mol. The summed E-state index contributed by atoms with van der Waals surface area (Å²) in [6.07, 6.45) is 2.11. The third kappa shape index (κ3) is 9.30. The Hall–Kier alpha value is -5.59. The minimum atomic E-state index is -0.546. The van der Waals surface area contributed by atoms with E-state index in [-0.39, 0.29) is 11.6 Å². The summed E-state index contributed by atoms with van der Waals surface area (Å²) < 4.78 is 16.0.